The second-order valence-electron chi connectivity index (χ2n) is 4.97. The van der Waals surface area contributed by atoms with E-state index in [1.165, 1.54) is 24.3 Å². The van der Waals surface area contributed by atoms with E-state index in [1.54, 1.807) is 37.3 Å². The number of nitrogens with one attached hydrogen (secondary N) is 1. The number of rotatable bonds is 5. The van der Waals surface area contributed by atoms with Gasteiger partial charge in [0, 0.05) is 16.8 Å². The van der Waals surface area contributed by atoms with Gasteiger partial charge in [-0.25, -0.2) is 9.18 Å². The molecule has 0 aliphatic rings. The largest absolute Gasteiger partial charge is 0.452 e. The zero-order valence-corrected chi connectivity index (χ0v) is 13.6. The monoisotopic (exact) mass is 347 g/mol. The van der Waals surface area contributed by atoms with Gasteiger partial charge in [0.25, 0.3) is 5.91 Å². The lowest BCUT2D eigenvalue weighted by Gasteiger charge is -2.08. The molecule has 0 heterocycles. The molecular formula is C18H15ClFNO3. The third-order valence-corrected chi connectivity index (χ3v) is 3.47. The third-order valence-electron chi connectivity index (χ3n) is 3.12. The van der Waals surface area contributed by atoms with Crippen molar-refractivity contribution < 1.29 is 18.7 Å². The second kappa shape index (κ2) is 8.26. The van der Waals surface area contributed by atoms with E-state index in [-0.39, 0.29) is 0 Å². The van der Waals surface area contributed by atoms with Crippen LogP contribution in [-0.4, -0.2) is 18.5 Å². The van der Waals surface area contributed by atoms with Gasteiger partial charge in [-0.1, -0.05) is 35.9 Å². The zero-order chi connectivity index (χ0) is 17.5. The molecule has 0 aliphatic heterocycles. The highest BCUT2D eigenvalue weighted by molar-refractivity contribution is 6.32. The number of anilines is 1. The number of carbonyl (C=O) groups is 2. The summed E-state index contributed by atoms with van der Waals surface area (Å²) in [5.41, 5.74) is 1.70. The third kappa shape index (κ3) is 5.21. The minimum Gasteiger partial charge on any atom is -0.452 e. The van der Waals surface area contributed by atoms with Crippen LogP contribution in [0.15, 0.2) is 48.5 Å². The first-order valence-corrected chi connectivity index (χ1v) is 7.49. The zero-order valence-electron chi connectivity index (χ0n) is 12.9. The summed E-state index contributed by atoms with van der Waals surface area (Å²) in [7, 11) is 0. The predicted molar refractivity (Wildman–Crippen MR) is 91.2 cm³/mol. The maximum Gasteiger partial charge on any atom is 0.331 e. The van der Waals surface area contributed by atoms with Crippen LogP contribution >= 0.6 is 11.6 Å². The Morgan fingerprint density at radius 3 is 2.75 bits per heavy atom. The Balaban J connectivity index is 1.86. The first-order chi connectivity index (χ1) is 11.5. The average Bonchev–Trinajstić information content (AvgIpc) is 2.55. The second-order valence-corrected chi connectivity index (χ2v) is 5.38. The number of benzene rings is 2. The fourth-order valence-electron chi connectivity index (χ4n) is 1.87. The molecule has 0 aliphatic carbocycles. The predicted octanol–water partition coefficient (Wildman–Crippen LogP) is 3.98. The van der Waals surface area contributed by atoms with Crippen LogP contribution in [0.3, 0.4) is 0 Å². The molecular weight excluding hydrogens is 333 g/mol. The highest BCUT2D eigenvalue weighted by Gasteiger charge is 2.08. The normalized spacial score (nSPS) is 10.6. The summed E-state index contributed by atoms with van der Waals surface area (Å²) in [6.45, 7) is 1.26. The Bertz CT molecular complexity index is 790. The van der Waals surface area contributed by atoms with Gasteiger partial charge in [0.2, 0.25) is 0 Å². The molecule has 0 aromatic heterocycles. The number of halogens is 2. The summed E-state index contributed by atoms with van der Waals surface area (Å²) >= 11 is 5.95. The fourth-order valence-corrected chi connectivity index (χ4v) is 2.07. The number of hydrogen-bond acceptors (Lipinski definition) is 3. The molecule has 0 fully saturated rings. The summed E-state index contributed by atoms with van der Waals surface area (Å²) in [6, 6.07) is 11.0. The smallest absolute Gasteiger partial charge is 0.331 e. The lowest BCUT2D eigenvalue weighted by molar-refractivity contribution is -0.142. The maximum absolute atomic E-state index is 13.1. The van der Waals surface area contributed by atoms with E-state index < -0.39 is 24.3 Å². The lowest BCUT2D eigenvalue weighted by atomic mass is 10.2. The van der Waals surface area contributed by atoms with Crippen molar-refractivity contribution in [3.63, 3.8) is 0 Å². The number of carbonyl (C=O) groups excluding carboxylic acids is 2. The van der Waals surface area contributed by atoms with Crippen LogP contribution in [0, 0.1) is 12.7 Å². The molecule has 124 valence electrons. The van der Waals surface area contributed by atoms with Crippen LogP contribution in [0.2, 0.25) is 5.02 Å². The van der Waals surface area contributed by atoms with Crippen molar-refractivity contribution in [1.29, 1.82) is 0 Å². The van der Waals surface area contributed by atoms with Crippen LogP contribution < -0.4 is 5.32 Å². The van der Waals surface area contributed by atoms with Crippen molar-refractivity contribution in [3.8, 4) is 0 Å². The SMILES string of the molecule is Cc1ccc(F)cc1NC(=O)COC(=O)/C=C/c1ccccc1Cl. The molecule has 4 nitrogen and oxygen atoms in total. The molecule has 24 heavy (non-hydrogen) atoms. The average molecular weight is 348 g/mol. The van der Waals surface area contributed by atoms with Gasteiger partial charge in [-0.05, 0) is 42.3 Å². The molecule has 2 rings (SSSR count). The van der Waals surface area contributed by atoms with E-state index in [2.05, 4.69) is 5.32 Å². The molecule has 0 radical (unpaired) electrons. The summed E-state index contributed by atoms with van der Waals surface area (Å²) < 4.78 is 18.0. The van der Waals surface area contributed by atoms with Gasteiger partial charge in [-0.15, -0.1) is 0 Å². The number of hydrogen-bond donors (Lipinski definition) is 1. The Labute approximate surface area is 143 Å². The molecule has 0 bridgehead atoms. The van der Waals surface area contributed by atoms with Crippen LogP contribution in [0.4, 0.5) is 10.1 Å². The van der Waals surface area contributed by atoms with Crippen molar-refractivity contribution in [2.45, 2.75) is 6.92 Å². The van der Waals surface area contributed by atoms with E-state index in [0.717, 1.165) is 0 Å². The standard InChI is InChI=1S/C18H15ClFNO3/c1-12-6-8-14(20)10-16(12)21-17(22)11-24-18(23)9-7-13-4-2-3-5-15(13)19/h2-10H,11H2,1H3,(H,21,22)/b9-7+. The first-order valence-electron chi connectivity index (χ1n) is 7.11. The van der Waals surface area contributed by atoms with E-state index in [1.807, 2.05) is 0 Å². The number of aryl methyl sites for hydroxylation is 1. The Hall–Kier alpha value is -2.66. The molecule has 6 heteroatoms. The minimum absolute atomic E-state index is 0.336. The Morgan fingerprint density at radius 2 is 2.00 bits per heavy atom. The highest BCUT2D eigenvalue weighted by Crippen LogP contribution is 2.17. The summed E-state index contributed by atoms with van der Waals surface area (Å²) in [4.78, 5) is 23.4. The molecule has 2 aromatic rings. The van der Waals surface area contributed by atoms with Crippen molar-refractivity contribution in [1.82, 2.24) is 0 Å². The van der Waals surface area contributed by atoms with Gasteiger partial charge in [0.1, 0.15) is 5.82 Å². The number of esters is 1. The first kappa shape index (κ1) is 17.7. The highest BCUT2D eigenvalue weighted by atomic mass is 35.5. The number of amides is 1. The molecule has 1 N–H and O–H groups in total. The minimum atomic E-state index is -0.680. The van der Waals surface area contributed by atoms with Crippen molar-refractivity contribution >= 4 is 35.2 Å². The van der Waals surface area contributed by atoms with Crippen molar-refractivity contribution in [3.05, 3.63) is 70.5 Å². The van der Waals surface area contributed by atoms with Gasteiger partial charge < -0.3 is 10.1 Å². The van der Waals surface area contributed by atoms with Crippen LogP contribution in [-0.2, 0) is 14.3 Å². The molecule has 0 saturated carbocycles. The molecule has 1 amide bonds. The number of ether oxygens (including phenoxy) is 1. The summed E-state index contributed by atoms with van der Waals surface area (Å²) in [5.74, 6) is -1.69. The summed E-state index contributed by atoms with van der Waals surface area (Å²) in [6.07, 6.45) is 2.68. The topological polar surface area (TPSA) is 55.4 Å². The molecule has 0 spiro atoms. The van der Waals surface area contributed by atoms with E-state index in [0.29, 0.717) is 21.8 Å². The Kier molecular flexibility index (Phi) is 6.09. The van der Waals surface area contributed by atoms with Crippen molar-refractivity contribution in [2.75, 3.05) is 11.9 Å². The molecule has 0 saturated heterocycles. The van der Waals surface area contributed by atoms with E-state index >= 15 is 0 Å². The lowest BCUT2D eigenvalue weighted by Crippen LogP contribution is -2.20. The van der Waals surface area contributed by atoms with Gasteiger partial charge >= 0.3 is 5.97 Å². The van der Waals surface area contributed by atoms with Crippen LogP contribution in [0.25, 0.3) is 6.08 Å². The maximum atomic E-state index is 13.1. The van der Waals surface area contributed by atoms with Crippen molar-refractivity contribution in [2.24, 2.45) is 0 Å². The van der Waals surface area contributed by atoms with Crippen LogP contribution in [0.1, 0.15) is 11.1 Å². The van der Waals surface area contributed by atoms with Gasteiger partial charge in [0.05, 0.1) is 0 Å². The van der Waals surface area contributed by atoms with E-state index in [9.17, 15) is 14.0 Å². The molecule has 2 aromatic carbocycles. The van der Waals surface area contributed by atoms with Crippen LogP contribution in [0.5, 0.6) is 0 Å². The quantitative estimate of drug-likeness (QED) is 0.657. The van der Waals surface area contributed by atoms with E-state index in [4.69, 9.17) is 16.3 Å². The molecule has 0 unspecified atom stereocenters. The fraction of sp³-hybridized carbons (Fsp3) is 0.111. The summed E-state index contributed by atoms with van der Waals surface area (Å²) in [5, 5.41) is 2.99. The Morgan fingerprint density at radius 1 is 1.25 bits per heavy atom. The molecule has 0 atom stereocenters. The van der Waals surface area contributed by atoms with Gasteiger partial charge in [-0.3, -0.25) is 4.79 Å². The van der Waals surface area contributed by atoms with Gasteiger partial charge in [-0.2, -0.15) is 0 Å². The van der Waals surface area contributed by atoms with Gasteiger partial charge in [0.15, 0.2) is 6.61 Å².